The summed E-state index contributed by atoms with van der Waals surface area (Å²) in [7, 11) is 1.71. The molecule has 3 aromatic carbocycles. The van der Waals surface area contributed by atoms with Crippen LogP contribution < -0.4 is 14.6 Å². The summed E-state index contributed by atoms with van der Waals surface area (Å²) in [5.74, 6) is 0.921. The molecule has 110 valence electrons. The Bertz CT molecular complexity index is 718. The van der Waals surface area contributed by atoms with Gasteiger partial charge in [-0.3, -0.25) is 0 Å². The molecule has 1 nitrogen and oxygen atoms in total. The van der Waals surface area contributed by atoms with E-state index in [2.05, 4.69) is 85.8 Å². The fourth-order valence-corrected chi connectivity index (χ4v) is 11.2. The molecular formula is C20H19BiO. The van der Waals surface area contributed by atoms with Gasteiger partial charge in [0, 0.05) is 0 Å². The molecule has 3 aromatic rings. The van der Waals surface area contributed by atoms with E-state index in [1.54, 1.807) is 7.11 Å². The Hall–Kier alpha value is -1.66. The number of aryl methyl sites for hydroxylation is 1. The number of hydrogen-bond acceptors (Lipinski definition) is 1. The molecule has 0 aliphatic heterocycles. The zero-order valence-corrected chi connectivity index (χ0v) is 16.3. The Morgan fingerprint density at radius 1 is 0.636 bits per heavy atom. The van der Waals surface area contributed by atoms with Crippen molar-refractivity contribution in [2.45, 2.75) is 6.92 Å². The van der Waals surface area contributed by atoms with E-state index >= 15 is 0 Å². The molecule has 0 saturated heterocycles. The normalized spacial score (nSPS) is 10.7. The molecule has 0 fully saturated rings. The first-order valence-corrected chi connectivity index (χ1v) is 12.6. The van der Waals surface area contributed by atoms with Crippen LogP contribution in [0.3, 0.4) is 0 Å². The topological polar surface area (TPSA) is 9.23 Å². The van der Waals surface area contributed by atoms with E-state index in [-0.39, 0.29) is 0 Å². The molecule has 0 bridgehead atoms. The second-order valence-corrected chi connectivity index (χ2v) is 13.8. The molecule has 0 radical (unpaired) electrons. The molecule has 0 N–H and O–H groups in total. The van der Waals surface area contributed by atoms with Crippen LogP contribution in [0.5, 0.6) is 5.75 Å². The van der Waals surface area contributed by atoms with Crippen LogP contribution in [0.4, 0.5) is 0 Å². The van der Waals surface area contributed by atoms with Gasteiger partial charge in [-0.25, -0.2) is 0 Å². The summed E-state index contributed by atoms with van der Waals surface area (Å²) in [4.78, 5) is 0. The van der Waals surface area contributed by atoms with Gasteiger partial charge in [-0.15, -0.1) is 0 Å². The summed E-state index contributed by atoms with van der Waals surface area (Å²) in [6.07, 6.45) is 0. The molecule has 0 heterocycles. The van der Waals surface area contributed by atoms with Crippen molar-refractivity contribution in [1.29, 1.82) is 0 Å². The van der Waals surface area contributed by atoms with Crippen LogP contribution in [0.2, 0.25) is 0 Å². The second-order valence-electron chi connectivity index (χ2n) is 5.20. The first kappa shape index (κ1) is 15.2. The monoisotopic (exact) mass is 484 g/mol. The molecule has 0 unspecified atom stereocenters. The zero-order valence-electron chi connectivity index (χ0n) is 12.9. The molecule has 0 aliphatic carbocycles. The second kappa shape index (κ2) is 7.07. The van der Waals surface area contributed by atoms with Gasteiger partial charge in [-0.05, 0) is 0 Å². The SMILES string of the molecule is COc1cc[c]([Bi]([c]2ccccc2)[c]2ccc(C)cc2)cc1. The molecule has 0 amide bonds. The Kier molecular flexibility index (Phi) is 4.90. The van der Waals surface area contributed by atoms with Gasteiger partial charge >= 0.3 is 141 Å². The van der Waals surface area contributed by atoms with E-state index in [4.69, 9.17) is 4.74 Å². The van der Waals surface area contributed by atoms with Crippen LogP contribution in [0, 0.1) is 6.92 Å². The third-order valence-electron chi connectivity index (χ3n) is 3.64. The minimum atomic E-state index is -2.19. The predicted molar refractivity (Wildman–Crippen MR) is 95.3 cm³/mol. The van der Waals surface area contributed by atoms with Crippen LogP contribution in [-0.4, -0.2) is 28.9 Å². The first-order chi connectivity index (χ1) is 10.8. The molecule has 0 aromatic heterocycles. The fourth-order valence-electron chi connectivity index (χ4n) is 2.45. The average Bonchev–Trinajstić information content (AvgIpc) is 2.58. The maximum absolute atomic E-state index is 5.30. The van der Waals surface area contributed by atoms with Crippen molar-refractivity contribution in [2.24, 2.45) is 0 Å². The third-order valence-corrected chi connectivity index (χ3v) is 13.1. The number of hydrogen-bond donors (Lipinski definition) is 0. The molecule has 2 heteroatoms. The van der Waals surface area contributed by atoms with Crippen LogP contribution in [-0.2, 0) is 0 Å². The van der Waals surface area contributed by atoms with Crippen LogP contribution in [0.15, 0.2) is 78.9 Å². The Balaban J connectivity index is 2.07. The van der Waals surface area contributed by atoms with E-state index < -0.39 is 21.8 Å². The Morgan fingerprint density at radius 2 is 1.14 bits per heavy atom. The molecule has 22 heavy (non-hydrogen) atoms. The van der Waals surface area contributed by atoms with Gasteiger partial charge in [0.25, 0.3) is 0 Å². The van der Waals surface area contributed by atoms with Gasteiger partial charge in [-0.2, -0.15) is 0 Å². The van der Waals surface area contributed by atoms with E-state index in [0.717, 1.165) is 5.75 Å². The molecular weight excluding hydrogens is 465 g/mol. The number of methoxy groups -OCH3 is 1. The van der Waals surface area contributed by atoms with Crippen molar-refractivity contribution in [2.75, 3.05) is 7.11 Å². The van der Waals surface area contributed by atoms with Crippen molar-refractivity contribution in [3.05, 3.63) is 84.4 Å². The quantitative estimate of drug-likeness (QED) is 0.518. The summed E-state index contributed by atoms with van der Waals surface area (Å²) >= 11 is -2.19. The molecule has 0 aliphatic rings. The summed E-state index contributed by atoms with van der Waals surface area (Å²) in [6, 6.07) is 28.7. The van der Waals surface area contributed by atoms with Crippen LogP contribution in [0.25, 0.3) is 0 Å². The van der Waals surface area contributed by atoms with Crippen molar-refractivity contribution < 1.29 is 4.74 Å². The summed E-state index contributed by atoms with van der Waals surface area (Å²) in [5, 5.41) is 0. The summed E-state index contributed by atoms with van der Waals surface area (Å²) in [5.41, 5.74) is 1.32. The number of ether oxygens (including phenoxy) is 1. The minimum absolute atomic E-state index is 0.921. The number of rotatable bonds is 4. The fraction of sp³-hybridized carbons (Fsp3) is 0.100. The van der Waals surface area contributed by atoms with Crippen molar-refractivity contribution in [3.63, 3.8) is 0 Å². The maximum atomic E-state index is 5.30. The summed E-state index contributed by atoms with van der Waals surface area (Å²) in [6.45, 7) is 2.14. The molecule has 3 rings (SSSR count). The van der Waals surface area contributed by atoms with E-state index in [0.29, 0.717) is 0 Å². The van der Waals surface area contributed by atoms with E-state index in [9.17, 15) is 0 Å². The Labute approximate surface area is 140 Å². The van der Waals surface area contributed by atoms with Gasteiger partial charge in [0.15, 0.2) is 0 Å². The van der Waals surface area contributed by atoms with Crippen molar-refractivity contribution in [1.82, 2.24) is 0 Å². The van der Waals surface area contributed by atoms with Gasteiger partial charge in [0.1, 0.15) is 0 Å². The van der Waals surface area contributed by atoms with E-state index in [1.165, 1.54) is 15.4 Å². The molecule has 0 atom stereocenters. The van der Waals surface area contributed by atoms with Crippen molar-refractivity contribution in [3.8, 4) is 5.75 Å². The van der Waals surface area contributed by atoms with E-state index in [1.807, 2.05) is 0 Å². The van der Waals surface area contributed by atoms with Crippen molar-refractivity contribution >= 4 is 31.6 Å². The Morgan fingerprint density at radius 3 is 1.68 bits per heavy atom. The third kappa shape index (κ3) is 3.39. The number of benzene rings is 3. The van der Waals surface area contributed by atoms with Gasteiger partial charge < -0.3 is 0 Å². The van der Waals surface area contributed by atoms with Gasteiger partial charge in [0.05, 0.1) is 0 Å². The first-order valence-electron chi connectivity index (χ1n) is 7.34. The van der Waals surface area contributed by atoms with Crippen LogP contribution in [0.1, 0.15) is 5.56 Å². The molecule has 0 spiro atoms. The van der Waals surface area contributed by atoms with Gasteiger partial charge in [0.2, 0.25) is 0 Å². The van der Waals surface area contributed by atoms with Crippen LogP contribution >= 0.6 is 0 Å². The molecule has 0 saturated carbocycles. The average molecular weight is 484 g/mol. The zero-order chi connectivity index (χ0) is 15.4. The standard InChI is InChI=1S/C7H7O.C7H7.C6H5.Bi/c1-8-7-5-3-2-4-6-7;1-7-5-3-2-4-6-7;1-2-4-6-5-3-1;/h3-6H,1H3;3-6H,1H3;1-5H;. The van der Waals surface area contributed by atoms with Gasteiger partial charge in [-0.1, -0.05) is 0 Å². The predicted octanol–water partition coefficient (Wildman–Crippen LogP) is 2.52. The summed E-state index contributed by atoms with van der Waals surface area (Å²) < 4.78 is 9.79.